The minimum atomic E-state index is -1.20. The molecule has 2 aromatic rings. The van der Waals surface area contributed by atoms with Gasteiger partial charge >= 0.3 is 0 Å². The molecule has 0 heterocycles. The Morgan fingerprint density at radius 2 is 1.29 bits per heavy atom. The van der Waals surface area contributed by atoms with Crippen molar-refractivity contribution in [2.75, 3.05) is 6.26 Å². The van der Waals surface area contributed by atoms with Gasteiger partial charge in [0.05, 0.1) is 12.1 Å². The number of Topliss-reactive ketones (excluding diaryl/α,β-unsaturated/α-hetero) is 2. The molecule has 0 bridgehead atoms. The molecular weight excluding hydrogens is 320 g/mol. The molecule has 0 saturated heterocycles. The maximum atomic E-state index is 12.5. The van der Waals surface area contributed by atoms with Crippen molar-refractivity contribution >= 4 is 23.3 Å². The maximum Gasteiger partial charge on any atom is 0.221 e. The van der Waals surface area contributed by atoms with E-state index in [0.29, 0.717) is 11.1 Å². The van der Waals surface area contributed by atoms with Crippen LogP contribution in [0.15, 0.2) is 59.5 Å². The lowest BCUT2D eigenvalue weighted by molar-refractivity contribution is -0.137. The van der Waals surface area contributed by atoms with Crippen LogP contribution in [-0.2, 0) is 9.59 Å². The van der Waals surface area contributed by atoms with Gasteiger partial charge in [-0.05, 0) is 29.5 Å². The first-order valence-corrected chi connectivity index (χ1v) is 8.41. The molecular formula is C19H14N2O2S. The highest BCUT2D eigenvalue weighted by atomic mass is 32.2. The zero-order chi connectivity index (χ0) is 17.5. The normalized spacial score (nSPS) is 12.5. The molecule has 5 heteroatoms. The molecule has 0 aromatic heterocycles. The first-order valence-electron chi connectivity index (χ1n) is 7.18. The summed E-state index contributed by atoms with van der Waals surface area (Å²) in [4.78, 5) is 25.9. The van der Waals surface area contributed by atoms with Gasteiger partial charge in [-0.15, -0.1) is 11.8 Å². The average Bonchev–Trinajstić information content (AvgIpc) is 2.64. The Balaban J connectivity index is 2.28. The summed E-state index contributed by atoms with van der Waals surface area (Å²) in [5.41, 5.74) is 0.908. The van der Waals surface area contributed by atoms with Gasteiger partial charge in [0, 0.05) is 4.90 Å². The van der Waals surface area contributed by atoms with Crippen LogP contribution < -0.4 is 0 Å². The minimum absolute atomic E-state index is 0.452. The molecule has 0 aliphatic carbocycles. The summed E-state index contributed by atoms with van der Waals surface area (Å²) in [5, 5.41) is 18.6. The van der Waals surface area contributed by atoms with Gasteiger partial charge in [0.1, 0.15) is 11.8 Å². The van der Waals surface area contributed by atoms with Gasteiger partial charge in [0.25, 0.3) is 0 Å². The highest BCUT2D eigenvalue weighted by Crippen LogP contribution is 2.24. The molecule has 0 aliphatic heterocycles. The van der Waals surface area contributed by atoms with E-state index < -0.39 is 23.4 Å². The van der Waals surface area contributed by atoms with Gasteiger partial charge in [-0.1, -0.05) is 42.5 Å². The fourth-order valence-corrected chi connectivity index (χ4v) is 2.70. The molecule has 0 fully saturated rings. The average molecular weight is 334 g/mol. The summed E-state index contributed by atoms with van der Waals surface area (Å²) in [6.45, 7) is 0. The summed E-state index contributed by atoms with van der Waals surface area (Å²) in [7, 11) is 0. The van der Waals surface area contributed by atoms with Crippen molar-refractivity contribution in [3.63, 3.8) is 0 Å². The molecule has 0 radical (unpaired) electrons. The van der Waals surface area contributed by atoms with Crippen LogP contribution in [0.5, 0.6) is 0 Å². The summed E-state index contributed by atoms with van der Waals surface area (Å²) in [6.07, 6.45) is 1.92. The second-order valence-corrected chi connectivity index (χ2v) is 5.92. The number of hydrogen-bond acceptors (Lipinski definition) is 5. The second kappa shape index (κ2) is 8.10. The van der Waals surface area contributed by atoms with Crippen LogP contribution in [0.25, 0.3) is 0 Å². The summed E-state index contributed by atoms with van der Waals surface area (Å²) >= 11 is 1.54. The summed E-state index contributed by atoms with van der Waals surface area (Å²) in [5.74, 6) is -4.11. The SMILES string of the molecule is CSc1ccc(C(C#N)C(=O)C(=O)C(C#N)c2ccccc2)cc1. The predicted octanol–water partition coefficient (Wildman–Crippen LogP) is 3.46. The molecule has 24 heavy (non-hydrogen) atoms. The van der Waals surface area contributed by atoms with Crippen LogP contribution in [0.4, 0.5) is 0 Å². The Bertz CT molecular complexity index is 817. The van der Waals surface area contributed by atoms with Crippen LogP contribution in [0, 0.1) is 22.7 Å². The van der Waals surface area contributed by atoms with E-state index in [4.69, 9.17) is 0 Å². The van der Waals surface area contributed by atoms with E-state index in [0.717, 1.165) is 4.90 Å². The number of carbonyl (C=O) groups is 2. The Labute approximate surface area is 144 Å². The van der Waals surface area contributed by atoms with Crippen molar-refractivity contribution < 1.29 is 9.59 Å². The third-order valence-corrected chi connectivity index (χ3v) is 4.35. The number of hydrogen-bond donors (Lipinski definition) is 0. The standard InChI is InChI=1S/C19H14N2O2S/c1-24-15-9-7-14(8-10-15)17(12-21)19(23)18(22)16(11-20)13-5-3-2-4-6-13/h2-10,16-17H,1H3. The number of thioether (sulfide) groups is 1. The molecule has 4 nitrogen and oxygen atoms in total. The van der Waals surface area contributed by atoms with E-state index in [2.05, 4.69) is 0 Å². The number of nitrogens with zero attached hydrogens (tertiary/aromatic N) is 2. The molecule has 2 rings (SSSR count). The van der Waals surface area contributed by atoms with Crippen molar-refractivity contribution in [2.45, 2.75) is 16.7 Å². The number of ketones is 2. The Morgan fingerprint density at radius 3 is 1.71 bits per heavy atom. The molecule has 118 valence electrons. The molecule has 0 saturated carbocycles. The third-order valence-electron chi connectivity index (χ3n) is 3.61. The van der Waals surface area contributed by atoms with Gasteiger partial charge in [-0.25, -0.2) is 0 Å². The lowest BCUT2D eigenvalue weighted by Gasteiger charge is -2.11. The van der Waals surface area contributed by atoms with Crippen LogP contribution in [0.1, 0.15) is 23.0 Å². The van der Waals surface area contributed by atoms with Gasteiger partial charge in [-0.3, -0.25) is 9.59 Å². The molecule has 0 spiro atoms. The monoisotopic (exact) mass is 334 g/mol. The van der Waals surface area contributed by atoms with Crippen molar-refractivity contribution in [3.8, 4) is 12.1 Å². The van der Waals surface area contributed by atoms with E-state index in [1.54, 1.807) is 54.6 Å². The summed E-state index contributed by atoms with van der Waals surface area (Å²) < 4.78 is 0. The molecule has 0 N–H and O–H groups in total. The smallest absolute Gasteiger partial charge is 0.221 e. The van der Waals surface area contributed by atoms with E-state index >= 15 is 0 Å². The lowest BCUT2D eigenvalue weighted by Crippen LogP contribution is -2.26. The lowest BCUT2D eigenvalue weighted by atomic mass is 9.86. The second-order valence-electron chi connectivity index (χ2n) is 5.04. The highest BCUT2D eigenvalue weighted by Gasteiger charge is 2.33. The Morgan fingerprint density at radius 1 is 0.833 bits per heavy atom. The van der Waals surface area contributed by atoms with Crippen LogP contribution in [0.3, 0.4) is 0 Å². The maximum absolute atomic E-state index is 12.5. The van der Waals surface area contributed by atoms with Gasteiger partial charge < -0.3 is 0 Å². The van der Waals surface area contributed by atoms with E-state index in [-0.39, 0.29) is 0 Å². The number of rotatable bonds is 6. The zero-order valence-corrected chi connectivity index (χ0v) is 13.8. The Hall–Kier alpha value is -2.89. The third kappa shape index (κ3) is 3.71. The Kier molecular flexibility index (Phi) is 5.89. The van der Waals surface area contributed by atoms with Crippen molar-refractivity contribution in [1.82, 2.24) is 0 Å². The van der Waals surface area contributed by atoms with Gasteiger partial charge in [-0.2, -0.15) is 10.5 Å². The van der Waals surface area contributed by atoms with Crippen molar-refractivity contribution in [3.05, 3.63) is 65.7 Å². The number of carbonyl (C=O) groups excluding carboxylic acids is 2. The number of nitriles is 2. The predicted molar refractivity (Wildman–Crippen MR) is 91.4 cm³/mol. The van der Waals surface area contributed by atoms with E-state index in [1.807, 2.05) is 18.4 Å². The van der Waals surface area contributed by atoms with Gasteiger partial charge in [0.2, 0.25) is 11.6 Å². The highest BCUT2D eigenvalue weighted by molar-refractivity contribution is 7.98. The molecule has 2 unspecified atom stereocenters. The van der Waals surface area contributed by atoms with Crippen molar-refractivity contribution in [2.24, 2.45) is 0 Å². The zero-order valence-electron chi connectivity index (χ0n) is 13.0. The minimum Gasteiger partial charge on any atom is -0.289 e. The number of benzene rings is 2. The van der Waals surface area contributed by atoms with E-state index in [1.165, 1.54) is 11.8 Å². The molecule has 0 aliphatic rings. The van der Waals surface area contributed by atoms with Crippen LogP contribution in [0.2, 0.25) is 0 Å². The van der Waals surface area contributed by atoms with Crippen LogP contribution in [-0.4, -0.2) is 17.8 Å². The first kappa shape index (κ1) is 17.5. The molecule has 2 atom stereocenters. The molecule has 0 amide bonds. The van der Waals surface area contributed by atoms with E-state index in [9.17, 15) is 20.1 Å². The molecule has 2 aromatic carbocycles. The summed E-state index contributed by atoms with van der Waals surface area (Å²) in [6, 6.07) is 19.0. The van der Waals surface area contributed by atoms with Crippen LogP contribution >= 0.6 is 11.8 Å². The van der Waals surface area contributed by atoms with Crippen molar-refractivity contribution in [1.29, 1.82) is 10.5 Å². The first-order chi connectivity index (χ1) is 11.6. The fraction of sp³-hybridized carbons (Fsp3) is 0.158. The topological polar surface area (TPSA) is 81.7 Å². The quantitative estimate of drug-likeness (QED) is 0.597. The fourth-order valence-electron chi connectivity index (χ4n) is 2.30. The largest absolute Gasteiger partial charge is 0.289 e. The van der Waals surface area contributed by atoms with Gasteiger partial charge in [0.15, 0.2) is 0 Å².